The van der Waals surface area contributed by atoms with E-state index < -0.39 is 5.97 Å². The van der Waals surface area contributed by atoms with Crippen LogP contribution in [0.1, 0.15) is 43.5 Å². The normalized spacial score (nSPS) is 27.8. The summed E-state index contributed by atoms with van der Waals surface area (Å²) in [5.74, 6) is 0.788. The van der Waals surface area contributed by atoms with E-state index in [1.807, 2.05) is 4.90 Å². The molecule has 0 amide bonds. The van der Waals surface area contributed by atoms with E-state index in [4.69, 9.17) is 9.47 Å². The van der Waals surface area contributed by atoms with E-state index in [1.165, 1.54) is 12.6 Å². The summed E-state index contributed by atoms with van der Waals surface area (Å²) >= 11 is 0. The topological polar surface area (TPSA) is 84.8 Å². The molecule has 0 aromatic carbocycles. The number of carboxylic acid groups (broad SMARTS) is 1. The molecule has 1 N–H and O–H groups in total. The number of aromatic carboxylic acids is 1. The van der Waals surface area contributed by atoms with E-state index in [0.29, 0.717) is 44.1 Å². The summed E-state index contributed by atoms with van der Waals surface area (Å²) in [6, 6.07) is 0. The summed E-state index contributed by atoms with van der Waals surface area (Å²) in [6.45, 7) is 7.06. The molecule has 3 rings (SSSR count). The van der Waals surface area contributed by atoms with E-state index in [2.05, 4.69) is 23.8 Å². The number of aromatic nitrogens is 2. The van der Waals surface area contributed by atoms with Gasteiger partial charge < -0.3 is 19.5 Å². The number of nitrogens with zero attached hydrogens (tertiary/aromatic N) is 3. The smallest absolute Gasteiger partial charge is 0.342 e. The summed E-state index contributed by atoms with van der Waals surface area (Å²) in [5, 5.41) is 9.41. The van der Waals surface area contributed by atoms with Crippen molar-refractivity contribution in [3.8, 4) is 5.88 Å². The van der Waals surface area contributed by atoms with Crippen molar-refractivity contribution in [2.24, 2.45) is 11.8 Å². The minimum absolute atomic E-state index is 0.00860. The number of carboxylic acids is 1. The molecule has 1 aliphatic heterocycles. The summed E-state index contributed by atoms with van der Waals surface area (Å²) in [5.41, 5.74) is 0.0258. The molecular formula is C17H25N3O4. The fourth-order valence-corrected chi connectivity index (χ4v) is 3.64. The quantitative estimate of drug-likeness (QED) is 0.903. The van der Waals surface area contributed by atoms with Crippen molar-refractivity contribution >= 4 is 11.9 Å². The Balaban J connectivity index is 1.81. The molecule has 1 aliphatic carbocycles. The third kappa shape index (κ3) is 3.95. The zero-order valence-electron chi connectivity index (χ0n) is 14.3. The van der Waals surface area contributed by atoms with Gasteiger partial charge in [-0.1, -0.05) is 13.8 Å². The van der Waals surface area contributed by atoms with E-state index in [9.17, 15) is 9.90 Å². The van der Waals surface area contributed by atoms with E-state index in [0.717, 1.165) is 12.8 Å². The van der Waals surface area contributed by atoms with Gasteiger partial charge >= 0.3 is 5.97 Å². The van der Waals surface area contributed by atoms with Crippen molar-refractivity contribution in [1.29, 1.82) is 0 Å². The first-order valence-corrected chi connectivity index (χ1v) is 8.62. The third-order valence-corrected chi connectivity index (χ3v) is 4.68. The number of carbonyl (C=O) groups is 1. The van der Waals surface area contributed by atoms with Crippen LogP contribution in [0.15, 0.2) is 6.20 Å². The van der Waals surface area contributed by atoms with Gasteiger partial charge in [0, 0.05) is 13.1 Å². The van der Waals surface area contributed by atoms with Gasteiger partial charge in [0.25, 0.3) is 0 Å². The number of anilines is 1. The Hall–Kier alpha value is -1.89. The van der Waals surface area contributed by atoms with Gasteiger partial charge in [0.15, 0.2) is 0 Å². The van der Waals surface area contributed by atoms with Gasteiger partial charge in [-0.05, 0) is 31.1 Å². The molecule has 132 valence electrons. The fraction of sp³-hybridized carbons (Fsp3) is 0.706. The van der Waals surface area contributed by atoms with Crippen LogP contribution in [0.3, 0.4) is 0 Å². The largest absolute Gasteiger partial charge is 0.477 e. The lowest BCUT2D eigenvalue weighted by Gasteiger charge is -2.32. The van der Waals surface area contributed by atoms with E-state index in [-0.39, 0.29) is 17.5 Å². The number of ether oxygens (including phenoxy) is 2. The van der Waals surface area contributed by atoms with Crippen LogP contribution in [-0.2, 0) is 4.74 Å². The summed E-state index contributed by atoms with van der Waals surface area (Å²) < 4.78 is 11.4. The van der Waals surface area contributed by atoms with Crippen LogP contribution in [0, 0.1) is 11.8 Å². The van der Waals surface area contributed by atoms with Gasteiger partial charge in [-0.15, -0.1) is 0 Å². The van der Waals surface area contributed by atoms with Crippen molar-refractivity contribution in [3.63, 3.8) is 0 Å². The Morgan fingerprint density at radius 3 is 2.54 bits per heavy atom. The van der Waals surface area contributed by atoms with Gasteiger partial charge in [0.05, 0.1) is 19.4 Å². The average molecular weight is 335 g/mol. The van der Waals surface area contributed by atoms with Crippen LogP contribution < -0.4 is 9.64 Å². The van der Waals surface area contributed by atoms with Crippen molar-refractivity contribution < 1.29 is 19.4 Å². The zero-order valence-corrected chi connectivity index (χ0v) is 14.3. The van der Waals surface area contributed by atoms with Crippen molar-refractivity contribution in [2.75, 3.05) is 31.2 Å². The number of hydrogen-bond acceptors (Lipinski definition) is 6. The standard InChI is InChI=1S/C17H25N3O4/c1-11-7-12(2)9-13(8-11)24-15-14(16(21)22)10-18-17(19-15)20-3-5-23-6-4-20/h10-13H,3-9H2,1-2H3,(H,21,22). The lowest BCUT2D eigenvalue weighted by atomic mass is 9.82. The minimum atomic E-state index is -1.06. The Kier molecular flexibility index (Phi) is 5.18. The first kappa shape index (κ1) is 17.0. The molecule has 7 nitrogen and oxygen atoms in total. The molecule has 1 saturated heterocycles. The highest BCUT2D eigenvalue weighted by Gasteiger charge is 2.28. The Bertz CT molecular complexity index is 579. The van der Waals surface area contributed by atoms with Crippen molar-refractivity contribution in [1.82, 2.24) is 9.97 Å². The highest BCUT2D eigenvalue weighted by atomic mass is 16.5. The molecule has 0 spiro atoms. The molecule has 24 heavy (non-hydrogen) atoms. The predicted molar refractivity (Wildman–Crippen MR) is 88.6 cm³/mol. The van der Waals surface area contributed by atoms with Crippen LogP contribution in [0.4, 0.5) is 5.95 Å². The Morgan fingerprint density at radius 1 is 1.25 bits per heavy atom. The molecule has 2 atom stereocenters. The highest BCUT2D eigenvalue weighted by molar-refractivity contribution is 5.89. The second kappa shape index (κ2) is 7.34. The molecule has 2 fully saturated rings. The van der Waals surface area contributed by atoms with Crippen LogP contribution >= 0.6 is 0 Å². The van der Waals surface area contributed by atoms with Crippen LogP contribution in [0.25, 0.3) is 0 Å². The Labute approximate surface area is 142 Å². The molecule has 7 heteroatoms. The number of morpholine rings is 1. The fourth-order valence-electron chi connectivity index (χ4n) is 3.64. The van der Waals surface area contributed by atoms with Gasteiger partial charge in [-0.3, -0.25) is 0 Å². The SMILES string of the molecule is CC1CC(C)CC(Oc2nc(N3CCOCC3)ncc2C(=O)O)C1. The van der Waals surface area contributed by atoms with Crippen molar-refractivity contribution in [2.45, 2.75) is 39.2 Å². The molecular weight excluding hydrogens is 310 g/mol. The lowest BCUT2D eigenvalue weighted by molar-refractivity contribution is 0.0669. The maximum Gasteiger partial charge on any atom is 0.342 e. The maximum atomic E-state index is 11.5. The molecule has 2 heterocycles. The average Bonchev–Trinajstić information content (AvgIpc) is 2.54. The van der Waals surface area contributed by atoms with Gasteiger partial charge in [0.2, 0.25) is 11.8 Å². The lowest BCUT2D eigenvalue weighted by Crippen LogP contribution is -2.37. The molecule has 1 aromatic heterocycles. The molecule has 2 aliphatic rings. The number of rotatable bonds is 4. The molecule has 1 aromatic rings. The molecule has 0 bridgehead atoms. The van der Waals surface area contributed by atoms with Gasteiger partial charge in [0.1, 0.15) is 11.7 Å². The Morgan fingerprint density at radius 2 is 1.92 bits per heavy atom. The molecule has 2 unspecified atom stereocenters. The predicted octanol–water partition coefficient (Wildman–Crippen LogP) is 2.21. The van der Waals surface area contributed by atoms with E-state index >= 15 is 0 Å². The second-order valence-electron chi connectivity index (χ2n) is 6.95. The summed E-state index contributed by atoms with van der Waals surface area (Å²) in [7, 11) is 0. The van der Waals surface area contributed by atoms with Gasteiger partial charge in [-0.25, -0.2) is 9.78 Å². The van der Waals surface area contributed by atoms with Crippen LogP contribution in [0.5, 0.6) is 5.88 Å². The van der Waals surface area contributed by atoms with Crippen LogP contribution in [0.2, 0.25) is 0 Å². The van der Waals surface area contributed by atoms with Gasteiger partial charge in [-0.2, -0.15) is 4.98 Å². The van der Waals surface area contributed by atoms with E-state index in [1.54, 1.807) is 0 Å². The first-order chi connectivity index (χ1) is 11.5. The zero-order chi connectivity index (χ0) is 17.1. The second-order valence-corrected chi connectivity index (χ2v) is 6.95. The van der Waals surface area contributed by atoms with Crippen LogP contribution in [-0.4, -0.2) is 53.5 Å². The highest BCUT2D eigenvalue weighted by Crippen LogP contribution is 2.32. The summed E-state index contributed by atoms with van der Waals surface area (Å²) in [4.78, 5) is 22.1. The monoisotopic (exact) mass is 335 g/mol. The maximum absolute atomic E-state index is 11.5. The summed E-state index contributed by atoms with van der Waals surface area (Å²) in [6.07, 6.45) is 4.41. The molecule has 1 saturated carbocycles. The van der Waals surface area contributed by atoms with Crippen molar-refractivity contribution in [3.05, 3.63) is 11.8 Å². The minimum Gasteiger partial charge on any atom is -0.477 e. The number of hydrogen-bond donors (Lipinski definition) is 1. The first-order valence-electron chi connectivity index (χ1n) is 8.62. The third-order valence-electron chi connectivity index (χ3n) is 4.68. The molecule has 0 radical (unpaired) electrons.